The lowest BCUT2D eigenvalue weighted by molar-refractivity contribution is -0.122. The number of carbonyl (C=O) groups is 1. The summed E-state index contributed by atoms with van der Waals surface area (Å²) in [7, 11) is 1.65. The molecule has 29 heavy (non-hydrogen) atoms. The molecule has 3 aromatic rings. The van der Waals surface area contributed by atoms with E-state index in [0.717, 1.165) is 58.4 Å². The Morgan fingerprint density at radius 3 is 2.38 bits per heavy atom. The Balaban J connectivity index is 1.74. The number of ether oxygens (including phenoxy) is 1. The molecule has 5 heteroatoms. The predicted molar refractivity (Wildman–Crippen MR) is 119 cm³/mol. The van der Waals surface area contributed by atoms with Crippen LogP contribution in [0.2, 0.25) is 0 Å². The molecule has 0 radical (unpaired) electrons. The highest BCUT2D eigenvalue weighted by atomic mass is 32.1. The first kappa shape index (κ1) is 19.6. The van der Waals surface area contributed by atoms with Gasteiger partial charge in [0.25, 0.3) is 0 Å². The van der Waals surface area contributed by atoms with Gasteiger partial charge >= 0.3 is 0 Å². The van der Waals surface area contributed by atoms with Crippen LogP contribution in [0.5, 0.6) is 5.75 Å². The molecule has 0 spiro atoms. The summed E-state index contributed by atoms with van der Waals surface area (Å²) in [5.74, 6) is 0.998. The molecule has 1 saturated carbocycles. The van der Waals surface area contributed by atoms with Crippen molar-refractivity contribution in [3.63, 3.8) is 0 Å². The van der Waals surface area contributed by atoms with E-state index in [1.54, 1.807) is 18.4 Å². The van der Waals surface area contributed by atoms with E-state index in [-0.39, 0.29) is 11.8 Å². The number of rotatable bonds is 5. The molecule has 1 aliphatic carbocycles. The smallest absolute Gasteiger partial charge is 0.236 e. The van der Waals surface area contributed by atoms with Gasteiger partial charge in [-0.15, -0.1) is 11.3 Å². The third-order valence-corrected chi connectivity index (χ3v) is 6.49. The lowest BCUT2D eigenvalue weighted by atomic mass is 9.88. The van der Waals surface area contributed by atoms with E-state index in [9.17, 15) is 4.79 Å². The molecule has 0 bridgehead atoms. The molecular formula is C24H26N2O2S. The summed E-state index contributed by atoms with van der Waals surface area (Å²) in [4.78, 5) is 21.4. The molecule has 4 nitrogen and oxygen atoms in total. The molecule has 2 aromatic carbocycles. The molecule has 1 aromatic heterocycles. The number of anilines is 2. The highest BCUT2D eigenvalue weighted by Crippen LogP contribution is 2.38. The first-order valence-electron chi connectivity index (χ1n) is 10.2. The minimum atomic E-state index is 0.0650. The maximum atomic E-state index is 13.6. The van der Waals surface area contributed by atoms with Gasteiger partial charge in [0.1, 0.15) is 5.75 Å². The van der Waals surface area contributed by atoms with E-state index in [1.165, 1.54) is 6.42 Å². The van der Waals surface area contributed by atoms with E-state index < -0.39 is 0 Å². The lowest BCUT2D eigenvalue weighted by Gasteiger charge is -2.27. The molecule has 0 N–H and O–H groups in total. The van der Waals surface area contributed by atoms with Gasteiger partial charge in [-0.2, -0.15) is 0 Å². The van der Waals surface area contributed by atoms with E-state index in [2.05, 4.69) is 19.1 Å². The summed E-state index contributed by atoms with van der Waals surface area (Å²) in [6.07, 6.45) is 5.39. The molecule has 0 unspecified atom stereocenters. The van der Waals surface area contributed by atoms with Crippen LogP contribution in [0.3, 0.4) is 0 Å². The van der Waals surface area contributed by atoms with Crippen molar-refractivity contribution < 1.29 is 9.53 Å². The van der Waals surface area contributed by atoms with Crippen molar-refractivity contribution in [2.45, 2.75) is 39.0 Å². The monoisotopic (exact) mass is 406 g/mol. The van der Waals surface area contributed by atoms with Crippen LogP contribution in [0.25, 0.3) is 11.3 Å². The highest BCUT2D eigenvalue weighted by molar-refractivity contribution is 7.16. The lowest BCUT2D eigenvalue weighted by Crippen LogP contribution is -2.33. The topological polar surface area (TPSA) is 42.4 Å². The number of hydrogen-bond donors (Lipinski definition) is 0. The standard InChI is InChI=1S/C24H26N2O2S/c1-17-22(18-9-5-3-6-10-18)25-24(29-17)26(20-13-15-21(28-2)16-14-20)23(27)19-11-7-4-8-12-19/h3,5-6,9-10,13-16,19H,4,7-8,11-12H2,1-2H3. The number of thiazole rings is 1. The molecule has 4 rings (SSSR count). The number of benzene rings is 2. The minimum Gasteiger partial charge on any atom is -0.497 e. The molecule has 0 aliphatic heterocycles. The average Bonchev–Trinajstić information content (AvgIpc) is 3.16. The van der Waals surface area contributed by atoms with Gasteiger partial charge in [0, 0.05) is 16.4 Å². The van der Waals surface area contributed by atoms with Crippen LogP contribution in [0.1, 0.15) is 37.0 Å². The van der Waals surface area contributed by atoms with Gasteiger partial charge in [-0.05, 0) is 44.0 Å². The molecule has 1 fully saturated rings. The summed E-state index contributed by atoms with van der Waals surface area (Å²) in [5, 5.41) is 0.738. The first-order valence-corrected chi connectivity index (χ1v) is 11.0. The molecule has 0 atom stereocenters. The maximum absolute atomic E-state index is 13.6. The van der Waals surface area contributed by atoms with Gasteiger partial charge in [0.2, 0.25) is 5.91 Å². The van der Waals surface area contributed by atoms with Gasteiger partial charge in [0.05, 0.1) is 18.5 Å². The fourth-order valence-electron chi connectivity index (χ4n) is 3.94. The van der Waals surface area contributed by atoms with Crippen LogP contribution in [0.4, 0.5) is 10.8 Å². The van der Waals surface area contributed by atoms with Gasteiger partial charge in [-0.1, -0.05) is 49.6 Å². The van der Waals surface area contributed by atoms with Crippen LogP contribution < -0.4 is 9.64 Å². The third-order valence-electron chi connectivity index (χ3n) is 5.53. The summed E-state index contributed by atoms with van der Waals surface area (Å²) in [6, 6.07) is 17.8. The van der Waals surface area contributed by atoms with Crippen molar-refractivity contribution in [1.29, 1.82) is 0 Å². The third kappa shape index (κ3) is 4.20. The van der Waals surface area contributed by atoms with E-state index in [4.69, 9.17) is 9.72 Å². The second-order valence-electron chi connectivity index (χ2n) is 7.47. The van der Waals surface area contributed by atoms with Crippen molar-refractivity contribution >= 4 is 28.1 Å². The molecule has 1 heterocycles. The van der Waals surface area contributed by atoms with Gasteiger partial charge < -0.3 is 4.74 Å². The fourth-order valence-corrected chi connectivity index (χ4v) is 4.89. The second kappa shape index (κ2) is 8.78. The summed E-state index contributed by atoms with van der Waals surface area (Å²) in [5.41, 5.74) is 2.86. The van der Waals surface area contributed by atoms with Crippen LogP contribution in [-0.2, 0) is 4.79 Å². The Morgan fingerprint density at radius 2 is 1.72 bits per heavy atom. The van der Waals surface area contributed by atoms with Crippen molar-refractivity contribution in [3.8, 4) is 17.0 Å². The quantitative estimate of drug-likeness (QED) is 0.494. The predicted octanol–water partition coefficient (Wildman–Crippen LogP) is 6.37. The first-order chi connectivity index (χ1) is 14.2. The normalized spacial score (nSPS) is 14.6. The van der Waals surface area contributed by atoms with Crippen LogP contribution in [-0.4, -0.2) is 18.0 Å². The zero-order valence-corrected chi connectivity index (χ0v) is 17.7. The van der Waals surface area contributed by atoms with Crippen LogP contribution in [0, 0.1) is 12.8 Å². The Labute approximate surface area is 176 Å². The maximum Gasteiger partial charge on any atom is 0.236 e. The largest absolute Gasteiger partial charge is 0.497 e. The van der Waals surface area contributed by atoms with Crippen molar-refractivity contribution in [1.82, 2.24) is 4.98 Å². The number of amides is 1. The van der Waals surface area contributed by atoms with Crippen molar-refractivity contribution in [2.24, 2.45) is 5.92 Å². The summed E-state index contributed by atoms with van der Waals surface area (Å²) in [6.45, 7) is 2.07. The Hall–Kier alpha value is -2.66. The minimum absolute atomic E-state index is 0.0650. The molecule has 0 saturated heterocycles. The SMILES string of the molecule is COc1ccc(N(C(=O)C2CCCCC2)c2nc(-c3ccccc3)c(C)s2)cc1. The van der Waals surface area contributed by atoms with E-state index >= 15 is 0 Å². The molecular weight excluding hydrogens is 380 g/mol. The summed E-state index contributed by atoms with van der Waals surface area (Å²) < 4.78 is 5.30. The van der Waals surface area contributed by atoms with Gasteiger partial charge in [-0.25, -0.2) is 4.98 Å². The van der Waals surface area contributed by atoms with Gasteiger partial charge in [0.15, 0.2) is 5.13 Å². The van der Waals surface area contributed by atoms with Crippen molar-refractivity contribution in [2.75, 3.05) is 12.0 Å². The zero-order valence-electron chi connectivity index (χ0n) is 16.9. The zero-order chi connectivity index (χ0) is 20.2. The van der Waals surface area contributed by atoms with Crippen molar-refractivity contribution in [3.05, 3.63) is 59.5 Å². The van der Waals surface area contributed by atoms with E-state index in [0.29, 0.717) is 0 Å². The Morgan fingerprint density at radius 1 is 1.03 bits per heavy atom. The average molecular weight is 407 g/mol. The number of methoxy groups -OCH3 is 1. The number of aryl methyl sites for hydroxylation is 1. The molecule has 1 amide bonds. The fraction of sp³-hybridized carbons (Fsp3) is 0.333. The van der Waals surface area contributed by atoms with Gasteiger partial charge in [-0.3, -0.25) is 9.69 Å². The number of hydrogen-bond acceptors (Lipinski definition) is 4. The number of carbonyl (C=O) groups excluding carboxylic acids is 1. The second-order valence-corrected chi connectivity index (χ2v) is 8.66. The molecule has 1 aliphatic rings. The highest BCUT2D eigenvalue weighted by Gasteiger charge is 2.30. The van der Waals surface area contributed by atoms with Crippen LogP contribution >= 0.6 is 11.3 Å². The molecule has 150 valence electrons. The number of aromatic nitrogens is 1. The van der Waals surface area contributed by atoms with Crippen LogP contribution in [0.15, 0.2) is 54.6 Å². The summed E-state index contributed by atoms with van der Waals surface area (Å²) >= 11 is 1.58. The Kier molecular flexibility index (Phi) is 5.95. The Bertz CT molecular complexity index is 960. The van der Waals surface area contributed by atoms with E-state index in [1.807, 2.05) is 47.4 Å². The number of nitrogens with zero attached hydrogens (tertiary/aromatic N) is 2.